The number of carbonyl (C=O) groups excluding carboxylic acids is 1. The lowest BCUT2D eigenvalue weighted by molar-refractivity contribution is -0.508. The summed E-state index contributed by atoms with van der Waals surface area (Å²) >= 11 is 0. The van der Waals surface area contributed by atoms with Gasteiger partial charge in [0.2, 0.25) is 11.8 Å². The number of hydrogen-bond acceptors (Lipinski definition) is 3. The van der Waals surface area contributed by atoms with E-state index in [4.69, 9.17) is 0 Å². The van der Waals surface area contributed by atoms with E-state index in [1.807, 2.05) is 6.92 Å². The van der Waals surface area contributed by atoms with Gasteiger partial charge in [0, 0.05) is 52.0 Å². The second kappa shape index (κ2) is 6.17. The van der Waals surface area contributed by atoms with Crippen molar-refractivity contribution in [1.82, 2.24) is 9.80 Å². The van der Waals surface area contributed by atoms with Crippen LogP contribution < -0.4 is 0 Å². The van der Waals surface area contributed by atoms with Crippen molar-refractivity contribution in [3.05, 3.63) is 0 Å². The van der Waals surface area contributed by atoms with Crippen LogP contribution in [0.2, 0.25) is 0 Å². The van der Waals surface area contributed by atoms with Gasteiger partial charge in [0.05, 0.1) is 6.54 Å². The van der Waals surface area contributed by atoms with Crippen LogP contribution >= 0.6 is 0 Å². The van der Waals surface area contributed by atoms with Crippen molar-refractivity contribution in [3.63, 3.8) is 0 Å². The lowest BCUT2D eigenvalue weighted by Crippen LogP contribution is -2.49. The van der Waals surface area contributed by atoms with Crippen LogP contribution in [-0.2, 0) is 4.79 Å². The van der Waals surface area contributed by atoms with Crippen molar-refractivity contribution in [2.24, 2.45) is 5.92 Å². The number of Topliss-reactive ketones (excluding diaryl/α,β-unsaturated/α-hetero) is 1. The van der Waals surface area contributed by atoms with E-state index in [0.717, 1.165) is 38.1 Å². The van der Waals surface area contributed by atoms with Crippen LogP contribution in [0.5, 0.6) is 0 Å². The number of rotatable bonds is 6. The van der Waals surface area contributed by atoms with Gasteiger partial charge in [-0.1, -0.05) is 6.92 Å². The molecule has 0 aromatic carbocycles. The molecule has 21 heavy (non-hydrogen) atoms. The Morgan fingerprint density at radius 3 is 2.43 bits per heavy atom. The highest BCUT2D eigenvalue weighted by molar-refractivity contribution is 5.93. The molecule has 0 aromatic rings. The third kappa shape index (κ3) is 3.37. The summed E-state index contributed by atoms with van der Waals surface area (Å²) in [7, 11) is 0. The molecule has 4 nitrogen and oxygen atoms in total. The number of nitrogens with zero attached hydrogens (tertiary/aromatic N) is 3. The van der Waals surface area contributed by atoms with E-state index in [1.165, 1.54) is 19.4 Å². The highest BCUT2D eigenvalue weighted by atomic mass is 16.1. The monoisotopic (exact) mass is 292 g/mol. The van der Waals surface area contributed by atoms with E-state index in [0.29, 0.717) is 24.8 Å². The molecule has 0 aromatic heterocycles. The van der Waals surface area contributed by atoms with Gasteiger partial charge < -0.3 is 4.90 Å². The fourth-order valence-electron chi connectivity index (χ4n) is 4.17. The quantitative estimate of drug-likeness (QED) is 0.689. The van der Waals surface area contributed by atoms with Crippen molar-refractivity contribution in [2.45, 2.75) is 52.1 Å². The molecule has 4 heteroatoms. The number of fused-ring (bicyclic) bond motifs is 1. The molecule has 2 fully saturated rings. The normalized spacial score (nSPS) is 30.1. The zero-order valence-electron chi connectivity index (χ0n) is 13.8. The van der Waals surface area contributed by atoms with Gasteiger partial charge >= 0.3 is 0 Å². The Kier molecular flexibility index (Phi) is 4.46. The van der Waals surface area contributed by atoms with Gasteiger partial charge in [0.15, 0.2) is 0 Å². The first-order chi connectivity index (χ1) is 10.1. The molecule has 118 valence electrons. The minimum absolute atomic E-state index is 0.379. The number of carbonyl (C=O) groups is 1. The number of hydrogen-bond donors (Lipinski definition) is 0. The third-order valence-corrected chi connectivity index (χ3v) is 5.37. The topological polar surface area (TPSA) is 26.6 Å². The highest BCUT2D eigenvalue weighted by Crippen LogP contribution is 2.36. The molecule has 1 unspecified atom stereocenters. The van der Waals surface area contributed by atoms with E-state index >= 15 is 0 Å². The average Bonchev–Trinajstić information content (AvgIpc) is 2.99. The predicted octanol–water partition coefficient (Wildman–Crippen LogP) is 1.24. The molecule has 0 N–H and O–H groups in total. The molecule has 2 heterocycles. The summed E-state index contributed by atoms with van der Waals surface area (Å²) in [6.45, 7) is 12.9. The first-order valence-corrected chi connectivity index (χ1v) is 8.69. The Morgan fingerprint density at radius 2 is 1.90 bits per heavy atom. The molecule has 0 spiro atoms. The number of piperazine rings is 1. The molecular weight excluding hydrogens is 262 g/mol. The zero-order chi connectivity index (χ0) is 15.0. The fraction of sp³-hybridized carbons (Fsp3) is 0.882. The van der Waals surface area contributed by atoms with Gasteiger partial charge in [0.25, 0.3) is 0 Å². The van der Waals surface area contributed by atoms with Crippen LogP contribution in [0.1, 0.15) is 40.0 Å². The summed E-state index contributed by atoms with van der Waals surface area (Å²) in [5.74, 6) is 1.26. The van der Waals surface area contributed by atoms with Gasteiger partial charge in [-0.05, 0) is 19.8 Å². The van der Waals surface area contributed by atoms with Gasteiger partial charge in [-0.15, -0.1) is 0 Å². The average molecular weight is 292 g/mol. The van der Waals surface area contributed by atoms with Gasteiger partial charge in [-0.2, -0.15) is 0 Å². The van der Waals surface area contributed by atoms with Gasteiger partial charge in [-0.25, -0.2) is 4.58 Å². The molecule has 3 aliphatic rings. The second-order valence-corrected chi connectivity index (χ2v) is 7.28. The molecule has 1 aliphatic carbocycles. The summed E-state index contributed by atoms with van der Waals surface area (Å²) in [5.41, 5.74) is 1.72. The molecule has 1 saturated carbocycles. The Morgan fingerprint density at radius 1 is 1.24 bits per heavy atom. The Hall–Kier alpha value is -0.740. The maximum Gasteiger partial charge on any atom is 0.231 e. The van der Waals surface area contributed by atoms with E-state index in [1.54, 1.807) is 5.71 Å². The van der Waals surface area contributed by atoms with Crippen molar-refractivity contribution in [2.75, 3.05) is 39.3 Å². The molecule has 0 radical (unpaired) electrons. The third-order valence-electron chi connectivity index (χ3n) is 5.37. The molecule has 0 bridgehead atoms. The molecular formula is C17H30N3O+. The van der Waals surface area contributed by atoms with Crippen LogP contribution in [0.4, 0.5) is 0 Å². The van der Waals surface area contributed by atoms with E-state index in [-0.39, 0.29) is 0 Å². The Bertz CT molecular complexity index is 435. The van der Waals surface area contributed by atoms with E-state index in [2.05, 4.69) is 28.2 Å². The summed E-state index contributed by atoms with van der Waals surface area (Å²) in [6.07, 6.45) is 3.38. The second-order valence-electron chi connectivity index (χ2n) is 7.28. The number of ketones is 1. The summed E-state index contributed by atoms with van der Waals surface area (Å²) in [5, 5.41) is 0. The van der Waals surface area contributed by atoms with E-state index in [9.17, 15) is 4.79 Å². The minimum Gasteiger partial charge on any atom is -0.300 e. The fourth-order valence-corrected chi connectivity index (χ4v) is 4.17. The van der Waals surface area contributed by atoms with Crippen LogP contribution in [-0.4, -0.2) is 77.2 Å². The standard InChI is InChI=1S/C17H30N3O/c1-4-15(21)12-19-7-5-18(6-8-19)11-14-9-16-17(10-14)20(16)13(2)3/h13-14,16H,4-12H2,1-3H3/q+1/t14-,16?/m0/s1. The first-order valence-electron chi connectivity index (χ1n) is 8.69. The van der Waals surface area contributed by atoms with Gasteiger partial charge in [0.1, 0.15) is 11.8 Å². The summed E-state index contributed by atoms with van der Waals surface area (Å²) < 4.78 is 2.60. The smallest absolute Gasteiger partial charge is 0.231 e. The highest BCUT2D eigenvalue weighted by Gasteiger charge is 2.56. The first kappa shape index (κ1) is 15.2. The molecule has 2 aliphatic heterocycles. The Labute approximate surface area is 128 Å². The van der Waals surface area contributed by atoms with Gasteiger partial charge in [-0.3, -0.25) is 9.69 Å². The summed E-state index contributed by atoms with van der Waals surface area (Å²) in [6, 6.07) is 1.52. The van der Waals surface area contributed by atoms with Crippen LogP contribution in [0.15, 0.2) is 0 Å². The van der Waals surface area contributed by atoms with Crippen molar-refractivity contribution in [3.8, 4) is 0 Å². The zero-order valence-corrected chi connectivity index (χ0v) is 13.8. The molecule has 0 amide bonds. The maximum atomic E-state index is 11.5. The largest absolute Gasteiger partial charge is 0.300 e. The SMILES string of the molecule is CCC(=O)CN1CCN(C[C@@H]2CC3=[N+](C(C)C)C3C2)CC1. The molecule has 2 atom stereocenters. The maximum absolute atomic E-state index is 11.5. The van der Waals surface area contributed by atoms with E-state index < -0.39 is 0 Å². The predicted molar refractivity (Wildman–Crippen MR) is 85.1 cm³/mol. The van der Waals surface area contributed by atoms with Crippen LogP contribution in [0.25, 0.3) is 0 Å². The van der Waals surface area contributed by atoms with Crippen LogP contribution in [0, 0.1) is 5.92 Å². The summed E-state index contributed by atoms with van der Waals surface area (Å²) in [4.78, 5) is 16.4. The van der Waals surface area contributed by atoms with Crippen molar-refractivity contribution >= 4 is 11.5 Å². The van der Waals surface area contributed by atoms with Crippen LogP contribution in [0.3, 0.4) is 0 Å². The lowest BCUT2D eigenvalue weighted by Gasteiger charge is -2.35. The van der Waals surface area contributed by atoms with Crippen molar-refractivity contribution < 1.29 is 9.37 Å². The molecule has 3 rings (SSSR count). The van der Waals surface area contributed by atoms with Crippen molar-refractivity contribution in [1.29, 1.82) is 0 Å². The molecule has 1 saturated heterocycles. The Balaban J connectivity index is 1.38. The lowest BCUT2D eigenvalue weighted by atomic mass is 10.1. The minimum atomic E-state index is 0.379.